The van der Waals surface area contributed by atoms with E-state index in [1.54, 1.807) is 12.1 Å². The molecule has 10 nitrogen and oxygen atoms in total. The average Bonchev–Trinajstić information content (AvgIpc) is 2.98. The van der Waals surface area contributed by atoms with Crippen LogP contribution in [0, 0.1) is 5.92 Å². The highest BCUT2D eigenvalue weighted by molar-refractivity contribution is 6.23. The maximum absolute atomic E-state index is 13.0. The Hall–Kier alpha value is -2.82. The fourth-order valence-corrected chi connectivity index (χ4v) is 4.93. The number of nitrogens with one attached hydrogen (secondary N) is 1. The van der Waals surface area contributed by atoms with E-state index in [9.17, 15) is 19.2 Å². The van der Waals surface area contributed by atoms with Gasteiger partial charge in [0.2, 0.25) is 11.8 Å². The monoisotopic (exact) mass is 426 g/mol. The molecule has 3 fully saturated rings. The molecule has 0 aliphatic carbocycles. The molecule has 5 rings (SSSR count). The minimum atomic E-state index is -0.937. The lowest BCUT2D eigenvalue weighted by atomic mass is 10.0. The van der Waals surface area contributed by atoms with Crippen molar-refractivity contribution in [2.24, 2.45) is 11.8 Å². The Balaban J connectivity index is 1.26. The molecule has 0 aromatic heterocycles. The van der Waals surface area contributed by atoms with Gasteiger partial charge >= 0.3 is 0 Å². The summed E-state index contributed by atoms with van der Waals surface area (Å²) < 4.78 is 0. The third-order valence-electron chi connectivity index (χ3n) is 6.66. The molecule has 0 bridgehead atoms. The largest absolute Gasteiger partial charge is 0.369 e. The van der Waals surface area contributed by atoms with Gasteiger partial charge in [0.15, 0.2) is 0 Å². The Labute approximate surface area is 179 Å². The molecule has 10 heteroatoms. The highest BCUT2D eigenvalue weighted by Crippen LogP contribution is 2.31. The number of benzene rings is 1. The van der Waals surface area contributed by atoms with Gasteiger partial charge in [0.25, 0.3) is 11.8 Å². The summed E-state index contributed by atoms with van der Waals surface area (Å²) in [5.74, 6) is 4.45. The molecule has 0 radical (unpaired) electrons. The summed E-state index contributed by atoms with van der Waals surface area (Å²) in [6.07, 6.45) is 0.275. The van der Waals surface area contributed by atoms with Gasteiger partial charge in [0, 0.05) is 57.9 Å². The van der Waals surface area contributed by atoms with E-state index in [1.807, 2.05) is 11.1 Å². The van der Waals surface area contributed by atoms with E-state index in [0.717, 1.165) is 56.4 Å². The Morgan fingerprint density at radius 1 is 0.968 bits per heavy atom. The summed E-state index contributed by atoms with van der Waals surface area (Å²) in [5.41, 5.74) is 1.54. The number of imide groups is 2. The van der Waals surface area contributed by atoms with E-state index < -0.39 is 23.8 Å². The summed E-state index contributed by atoms with van der Waals surface area (Å²) in [7, 11) is 0. The normalized spacial score (nSPS) is 25.6. The first-order valence-electron chi connectivity index (χ1n) is 10.7. The Bertz CT molecular complexity index is 951. The van der Waals surface area contributed by atoms with Crippen LogP contribution in [0.5, 0.6) is 0 Å². The first-order valence-corrected chi connectivity index (χ1v) is 10.7. The first-order chi connectivity index (χ1) is 14.9. The van der Waals surface area contributed by atoms with Gasteiger partial charge in [-0.1, -0.05) is 0 Å². The predicted octanol–water partition coefficient (Wildman–Crippen LogP) is -0.985. The number of fused-ring (bicyclic) bond motifs is 1. The molecule has 4 aliphatic rings. The van der Waals surface area contributed by atoms with Gasteiger partial charge in [-0.15, -0.1) is 0 Å². The second-order valence-electron chi connectivity index (χ2n) is 8.78. The molecule has 3 N–H and O–H groups in total. The van der Waals surface area contributed by atoms with Crippen molar-refractivity contribution in [1.82, 2.24) is 20.1 Å². The van der Waals surface area contributed by atoms with Crippen LogP contribution in [0.25, 0.3) is 0 Å². The number of carbonyl (C=O) groups is 4. The molecule has 164 valence electrons. The van der Waals surface area contributed by atoms with Crippen LogP contribution in [0.15, 0.2) is 18.2 Å². The molecule has 1 unspecified atom stereocenters. The zero-order valence-corrected chi connectivity index (χ0v) is 17.2. The summed E-state index contributed by atoms with van der Waals surface area (Å²) in [6.45, 7) is 6.52. The molecule has 3 saturated heterocycles. The van der Waals surface area contributed by atoms with Crippen molar-refractivity contribution in [3.05, 3.63) is 29.3 Å². The van der Waals surface area contributed by atoms with Crippen molar-refractivity contribution in [1.29, 1.82) is 0 Å². The van der Waals surface area contributed by atoms with Gasteiger partial charge in [-0.05, 0) is 30.5 Å². The number of nitrogens with zero attached hydrogens (tertiary/aromatic N) is 4. The van der Waals surface area contributed by atoms with Crippen LogP contribution in [0.3, 0.4) is 0 Å². The number of hydrazine groups is 1. The standard InChI is InChI=1S/C21H26N6O4/c22-26-11-13(12-26)10-24-5-7-25(8-6-24)14-1-2-15-16(9-14)21(31)27(20(15)30)17-3-4-18(28)23-19(17)29/h1-2,9,13,17H,3-8,10-12,22H2,(H,23,28,29). The van der Waals surface area contributed by atoms with Gasteiger partial charge in [0.1, 0.15) is 6.04 Å². The van der Waals surface area contributed by atoms with Gasteiger partial charge in [0.05, 0.1) is 11.1 Å². The SMILES string of the molecule is NN1CC(CN2CCN(c3ccc4c(c3)C(=O)N(C3CCC(=O)NC3=O)C4=O)CC2)C1. The van der Waals surface area contributed by atoms with Gasteiger partial charge in [-0.25, -0.2) is 5.01 Å². The van der Waals surface area contributed by atoms with Crippen molar-refractivity contribution in [3.8, 4) is 0 Å². The molecule has 0 spiro atoms. The molecule has 1 atom stereocenters. The number of nitrogens with two attached hydrogens (primary N) is 1. The molecule has 0 saturated carbocycles. The van der Waals surface area contributed by atoms with Crippen molar-refractivity contribution >= 4 is 29.3 Å². The van der Waals surface area contributed by atoms with Crippen molar-refractivity contribution < 1.29 is 19.2 Å². The zero-order valence-electron chi connectivity index (χ0n) is 17.2. The fourth-order valence-electron chi connectivity index (χ4n) is 4.93. The number of anilines is 1. The maximum atomic E-state index is 13.0. The number of piperazine rings is 1. The van der Waals surface area contributed by atoms with Crippen LogP contribution < -0.4 is 16.1 Å². The Kier molecular flexibility index (Phi) is 4.99. The quantitative estimate of drug-likeness (QED) is 0.466. The minimum Gasteiger partial charge on any atom is -0.369 e. The van der Waals surface area contributed by atoms with Crippen LogP contribution >= 0.6 is 0 Å². The molecular weight excluding hydrogens is 400 g/mol. The summed E-state index contributed by atoms with van der Waals surface area (Å²) in [5, 5.41) is 4.05. The van der Waals surface area contributed by atoms with Crippen LogP contribution in [0.4, 0.5) is 5.69 Å². The number of piperidine rings is 1. The Morgan fingerprint density at radius 2 is 1.68 bits per heavy atom. The number of amides is 4. The van der Waals surface area contributed by atoms with Crippen molar-refractivity contribution in [3.63, 3.8) is 0 Å². The van der Waals surface area contributed by atoms with Gasteiger partial charge in [-0.2, -0.15) is 0 Å². The minimum absolute atomic E-state index is 0.115. The fraction of sp³-hybridized carbons (Fsp3) is 0.524. The van der Waals surface area contributed by atoms with Crippen LogP contribution in [-0.2, 0) is 9.59 Å². The lowest BCUT2D eigenvalue weighted by molar-refractivity contribution is -0.136. The number of hydrogen-bond acceptors (Lipinski definition) is 8. The highest BCUT2D eigenvalue weighted by Gasteiger charge is 2.44. The molecule has 4 heterocycles. The van der Waals surface area contributed by atoms with Crippen molar-refractivity contribution in [2.45, 2.75) is 18.9 Å². The van der Waals surface area contributed by atoms with E-state index >= 15 is 0 Å². The molecule has 31 heavy (non-hydrogen) atoms. The maximum Gasteiger partial charge on any atom is 0.262 e. The molecule has 1 aromatic rings. The van der Waals surface area contributed by atoms with Crippen LogP contribution in [0.1, 0.15) is 33.6 Å². The predicted molar refractivity (Wildman–Crippen MR) is 111 cm³/mol. The first kappa shape index (κ1) is 20.1. The van der Waals surface area contributed by atoms with E-state index in [0.29, 0.717) is 17.0 Å². The zero-order chi connectivity index (χ0) is 21.7. The molecule has 1 aromatic carbocycles. The third-order valence-corrected chi connectivity index (χ3v) is 6.66. The smallest absolute Gasteiger partial charge is 0.262 e. The average molecular weight is 426 g/mol. The van der Waals surface area contributed by atoms with Crippen LogP contribution in [-0.4, -0.2) is 90.3 Å². The van der Waals surface area contributed by atoms with E-state index in [1.165, 1.54) is 0 Å². The highest BCUT2D eigenvalue weighted by atomic mass is 16.2. The second-order valence-corrected chi connectivity index (χ2v) is 8.78. The van der Waals surface area contributed by atoms with Gasteiger partial charge in [-0.3, -0.25) is 40.1 Å². The summed E-state index contributed by atoms with van der Waals surface area (Å²) in [4.78, 5) is 55.1. The number of rotatable bonds is 4. The van der Waals surface area contributed by atoms with E-state index in [2.05, 4.69) is 15.1 Å². The molecule has 4 amide bonds. The third kappa shape index (κ3) is 3.60. The topological polar surface area (TPSA) is 119 Å². The van der Waals surface area contributed by atoms with Crippen molar-refractivity contribution in [2.75, 3.05) is 50.7 Å². The lowest BCUT2D eigenvalue weighted by Gasteiger charge is -2.42. The molecule has 4 aliphatic heterocycles. The number of carbonyl (C=O) groups excluding carboxylic acids is 4. The Morgan fingerprint density at radius 3 is 2.35 bits per heavy atom. The summed E-state index contributed by atoms with van der Waals surface area (Å²) >= 11 is 0. The lowest BCUT2D eigenvalue weighted by Crippen LogP contribution is -2.56. The van der Waals surface area contributed by atoms with E-state index in [-0.39, 0.29) is 18.7 Å². The summed E-state index contributed by atoms with van der Waals surface area (Å²) in [6, 6.07) is 4.36. The number of hydrogen-bond donors (Lipinski definition) is 2. The molecular formula is C21H26N6O4. The van der Waals surface area contributed by atoms with Crippen LogP contribution in [0.2, 0.25) is 0 Å². The van der Waals surface area contributed by atoms with Gasteiger partial charge < -0.3 is 4.90 Å². The second kappa shape index (κ2) is 7.70. The van der Waals surface area contributed by atoms with E-state index in [4.69, 9.17) is 5.84 Å².